The van der Waals surface area contributed by atoms with Gasteiger partial charge in [-0.1, -0.05) is 33.6 Å². The Kier molecular flexibility index (Phi) is 5.70. The minimum atomic E-state index is 0.362. The molecule has 1 N–H and O–H groups in total. The Morgan fingerprint density at radius 1 is 1.20 bits per heavy atom. The van der Waals surface area contributed by atoms with E-state index in [0.717, 1.165) is 12.3 Å². The average Bonchev–Trinajstić information content (AvgIpc) is 1.99. The van der Waals surface area contributed by atoms with Crippen molar-refractivity contribution >= 4 is 0 Å². The molecule has 0 rings (SSSR count). The molecule has 0 amide bonds. The smallest absolute Gasteiger partial charge is 0.0459 e. The van der Waals surface area contributed by atoms with E-state index in [2.05, 4.69) is 20.8 Å². The molecule has 0 heterocycles. The normalized spacial score (nSPS) is 16.8. The molecule has 0 aliphatic rings. The predicted octanol–water partition coefficient (Wildman–Crippen LogP) is 2.44. The Balaban J connectivity index is 3.41. The molecule has 10 heavy (non-hydrogen) atoms. The second-order valence-corrected chi connectivity index (χ2v) is 3.21. The zero-order chi connectivity index (χ0) is 7.98. The van der Waals surface area contributed by atoms with Crippen molar-refractivity contribution < 1.29 is 5.11 Å². The number of aliphatic hydroxyl groups excluding tert-OH is 1. The van der Waals surface area contributed by atoms with E-state index in [1.807, 2.05) is 0 Å². The van der Waals surface area contributed by atoms with Gasteiger partial charge in [-0.25, -0.2) is 0 Å². The standard InChI is InChI=1S/C9H20O/c1-4-8(3)6-9(5-2)7-10/h8-10H,4-7H2,1-3H3. The van der Waals surface area contributed by atoms with Gasteiger partial charge in [0.05, 0.1) is 0 Å². The summed E-state index contributed by atoms with van der Waals surface area (Å²) in [4.78, 5) is 0. The average molecular weight is 144 g/mol. The zero-order valence-electron chi connectivity index (χ0n) is 7.43. The highest BCUT2D eigenvalue weighted by molar-refractivity contribution is 4.59. The zero-order valence-corrected chi connectivity index (χ0v) is 7.43. The summed E-state index contributed by atoms with van der Waals surface area (Å²) in [6.07, 6.45) is 3.53. The van der Waals surface area contributed by atoms with E-state index in [4.69, 9.17) is 5.11 Å². The van der Waals surface area contributed by atoms with Crippen molar-refractivity contribution in [3.63, 3.8) is 0 Å². The van der Waals surface area contributed by atoms with E-state index >= 15 is 0 Å². The molecule has 0 saturated heterocycles. The Labute approximate surface area is 64.5 Å². The second-order valence-electron chi connectivity index (χ2n) is 3.21. The van der Waals surface area contributed by atoms with Crippen LogP contribution in [0.25, 0.3) is 0 Å². The van der Waals surface area contributed by atoms with Gasteiger partial charge in [-0.05, 0) is 18.3 Å². The summed E-state index contributed by atoms with van der Waals surface area (Å²) in [5, 5.41) is 8.87. The molecule has 62 valence electrons. The SMILES string of the molecule is CCC(C)CC(CC)CO. The van der Waals surface area contributed by atoms with Crippen LogP contribution in [0.15, 0.2) is 0 Å². The number of aliphatic hydroxyl groups is 1. The maximum Gasteiger partial charge on any atom is 0.0459 e. The van der Waals surface area contributed by atoms with Crippen LogP contribution >= 0.6 is 0 Å². The lowest BCUT2D eigenvalue weighted by molar-refractivity contribution is 0.198. The van der Waals surface area contributed by atoms with Crippen LogP contribution in [0.4, 0.5) is 0 Å². The largest absolute Gasteiger partial charge is 0.396 e. The minimum Gasteiger partial charge on any atom is -0.396 e. The van der Waals surface area contributed by atoms with Gasteiger partial charge in [0, 0.05) is 6.61 Å². The fourth-order valence-electron chi connectivity index (χ4n) is 1.11. The third kappa shape index (κ3) is 3.89. The molecule has 0 aromatic rings. The van der Waals surface area contributed by atoms with Crippen LogP contribution in [-0.4, -0.2) is 11.7 Å². The van der Waals surface area contributed by atoms with Gasteiger partial charge in [-0.15, -0.1) is 0 Å². The van der Waals surface area contributed by atoms with Crippen molar-refractivity contribution in [2.45, 2.75) is 40.0 Å². The number of hydrogen-bond donors (Lipinski definition) is 1. The summed E-state index contributed by atoms with van der Waals surface area (Å²) < 4.78 is 0. The molecular formula is C9H20O. The van der Waals surface area contributed by atoms with Gasteiger partial charge in [-0.3, -0.25) is 0 Å². The predicted molar refractivity (Wildman–Crippen MR) is 44.9 cm³/mol. The van der Waals surface area contributed by atoms with Crippen molar-refractivity contribution in [1.29, 1.82) is 0 Å². The first-order valence-electron chi connectivity index (χ1n) is 4.35. The van der Waals surface area contributed by atoms with Crippen LogP contribution in [0, 0.1) is 11.8 Å². The van der Waals surface area contributed by atoms with E-state index in [0.29, 0.717) is 12.5 Å². The Morgan fingerprint density at radius 3 is 2.10 bits per heavy atom. The van der Waals surface area contributed by atoms with Crippen LogP contribution in [0.1, 0.15) is 40.0 Å². The monoisotopic (exact) mass is 144 g/mol. The topological polar surface area (TPSA) is 20.2 Å². The van der Waals surface area contributed by atoms with Crippen molar-refractivity contribution in [3.8, 4) is 0 Å². The third-order valence-corrected chi connectivity index (χ3v) is 2.27. The molecule has 1 heteroatoms. The van der Waals surface area contributed by atoms with Crippen LogP contribution < -0.4 is 0 Å². The summed E-state index contributed by atoms with van der Waals surface area (Å²) >= 11 is 0. The quantitative estimate of drug-likeness (QED) is 0.628. The molecule has 1 nitrogen and oxygen atoms in total. The van der Waals surface area contributed by atoms with E-state index in [-0.39, 0.29) is 0 Å². The summed E-state index contributed by atoms with van der Waals surface area (Å²) in [5.74, 6) is 1.31. The van der Waals surface area contributed by atoms with Crippen LogP contribution in [0.2, 0.25) is 0 Å². The van der Waals surface area contributed by atoms with Gasteiger partial charge in [0.2, 0.25) is 0 Å². The molecule has 0 fully saturated rings. The van der Waals surface area contributed by atoms with E-state index in [1.54, 1.807) is 0 Å². The van der Waals surface area contributed by atoms with Crippen LogP contribution in [0.5, 0.6) is 0 Å². The van der Waals surface area contributed by atoms with Gasteiger partial charge in [-0.2, -0.15) is 0 Å². The first-order chi connectivity index (χ1) is 4.74. The van der Waals surface area contributed by atoms with E-state index in [9.17, 15) is 0 Å². The molecule has 0 bridgehead atoms. The van der Waals surface area contributed by atoms with Gasteiger partial charge < -0.3 is 5.11 Å². The molecule has 0 radical (unpaired) electrons. The molecule has 0 saturated carbocycles. The Bertz CT molecular complexity index is 67.1. The molecule has 0 aromatic carbocycles. The Morgan fingerprint density at radius 2 is 1.80 bits per heavy atom. The molecule has 2 atom stereocenters. The maximum atomic E-state index is 8.87. The van der Waals surface area contributed by atoms with Crippen molar-refractivity contribution in [2.24, 2.45) is 11.8 Å². The van der Waals surface area contributed by atoms with Crippen molar-refractivity contribution in [2.75, 3.05) is 6.61 Å². The van der Waals surface area contributed by atoms with Crippen LogP contribution in [0.3, 0.4) is 0 Å². The van der Waals surface area contributed by atoms with Crippen molar-refractivity contribution in [1.82, 2.24) is 0 Å². The lowest BCUT2D eigenvalue weighted by Crippen LogP contribution is -2.08. The first kappa shape index (κ1) is 9.96. The lowest BCUT2D eigenvalue weighted by atomic mass is 9.93. The summed E-state index contributed by atoms with van der Waals surface area (Å²) in [6.45, 7) is 6.96. The Hall–Kier alpha value is -0.0400. The lowest BCUT2D eigenvalue weighted by Gasteiger charge is -2.15. The van der Waals surface area contributed by atoms with E-state index < -0.39 is 0 Å². The van der Waals surface area contributed by atoms with Gasteiger partial charge in [0.15, 0.2) is 0 Å². The highest BCUT2D eigenvalue weighted by Gasteiger charge is 2.08. The minimum absolute atomic E-state index is 0.362. The van der Waals surface area contributed by atoms with Gasteiger partial charge >= 0.3 is 0 Å². The molecule has 0 aromatic heterocycles. The molecule has 0 aliphatic heterocycles. The van der Waals surface area contributed by atoms with Gasteiger partial charge in [0.25, 0.3) is 0 Å². The van der Waals surface area contributed by atoms with Crippen molar-refractivity contribution in [3.05, 3.63) is 0 Å². The first-order valence-corrected chi connectivity index (χ1v) is 4.35. The van der Waals surface area contributed by atoms with Gasteiger partial charge in [0.1, 0.15) is 0 Å². The summed E-state index contributed by atoms with van der Waals surface area (Å²) in [7, 11) is 0. The van der Waals surface area contributed by atoms with E-state index in [1.165, 1.54) is 12.8 Å². The fraction of sp³-hybridized carbons (Fsp3) is 1.00. The highest BCUT2D eigenvalue weighted by Crippen LogP contribution is 2.16. The second kappa shape index (κ2) is 5.72. The summed E-state index contributed by atoms with van der Waals surface area (Å²) in [6, 6.07) is 0. The fourth-order valence-corrected chi connectivity index (χ4v) is 1.11. The molecule has 2 unspecified atom stereocenters. The third-order valence-electron chi connectivity index (χ3n) is 2.27. The number of hydrogen-bond acceptors (Lipinski definition) is 1. The molecule has 0 spiro atoms. The van der Waals surface area contributed by atoms with Crippen LogP contribution in [-0.2, 0) is 0 Å². The maximum absolute atomic E-state index is 8.87. The summed E-state index contributed by atoms with van der Waals surface area (Å²) in [5.41, 5.74) is 0. The highest BCUT2D eigenvalue weighted by atomic mass is 16.3. The number of rotatable bonds is 5. The molecular weight excluding hydrogens is 124 g/mol. The molecule has 0 aliphatic carbocycles.